The fraction of sp³-hybridized carbons (Fsp3) is 0.214. The van der Waals surface area contributed by atoms with E-state index < -0.39 is 11.9 Å². The molecule has 2 aromatic rings. The molecule has 1 aliphatic carbocycles. The molecular formula is C14H13N3O3S2. The first-order valence-electron chi connectivity index (χ1n) is 6.66. The van der Waals surface area contributed by atoms with Crippen molar-refractivity contribution in [1.29, 1.82) is 0 Å². The van der Waals surface area contributed by atoms with E-state index >= 15 is 0 Å². The first kappa shape index (κ1) is 14.7. The van der Waals surface area contributed by atoms with Gasteiger partial charge in [0, 0.05) is 4.88 Å². The molecule has 2 heterocycles. The molecule has 0 saturated carbocycles. The highest BCUT2D eigenvalue weighted by Crippen LogP contribution is 2.39. The quantitative estimate of drug-likeness (QED) is 0.802. The third kappa shape index (κ3) is 2.75. The number of carbonyl (C=O) groups excluding carboxylic acids is 3. The Labute approximate surface area is 134 Å². The number of thiophene rings is 2. The van der Waals surface area contributed by atoms with E-state index in [9.17, 15) is 14.4 Å². The first-order valence-corrected chi connectivity index (χ1v) is 8.36. The molecule has 0 fully saturated rings. The van der Waals surface area contributed by atoms with E-state index in [1.165, 1.54) is 22.7 Å². The standard InChI is InChI=1S/C14H13N3O3S2/c15-14(20)17-12(19)10-7-3-1-4-8(7)22-13(10)16-11(18)9-5-2-6-21-9/h2,5-6H,1,3-4H2,(H,16,18)(H3,15,17,19,20). The van der Waals surface area contributed by atoms with Gasteiger partial charge >= 0.3 is 6.03 Å². The molecule has 0 bridgehead atoms. The Morgan fingerprint density at radius 3 is 2.68 bits per heavy atom. The third-order valence-corrected chi connectivity index (χ3v) is 5.43. The van der Waals surface area contributed by atoms with Crippen LogP contribution in [0.3, 0.4) is 0 Å². The van der Waals surface area contributed by atoms with Gasteiger partial charge in [-0.25, -0.2) is 4.79 Å². The van der Waals surface area contributed by atoms with Gasteiger partial charge in [0.1, 0.15) is 5.00 Å². The second kappa shape index (κ2) is 5.90. The number of anilines is 1. The Balaban J connectivity index is 1.92. The van der Waals surface area contributed by atoms with Crippen molar-refractivity contribution >= 4 is 45.5 Å². The van der Waals surface area contributed by atoms with Crippen molar-refractivity contribution in [3.63, 3.8) is 0 Å². The Morgan fingerprint density at radius 2 is 2.00 bits per heavy atom. The lowest BCUT2D eigenvalue weighted by Gasteiger charge is -2.07. The number of amides is 4. The molecule has 6 nitrogen and oxygen atoms in total. The summed E-state index contributed by atoms with van der Waals surface area (Å²) in [5.41, 5.74) is 6.29. The van der Waals surface area contributed by atoms with E-state index in [1.807, 2.05) is 5.38 Å². The largest absolute Gasteiger partial charge is 0.351 e. The van der Waals surface area contributed by atoms with Crippen molar-refractivity contribution in [3.8, 4) is 0 Å². The van der Waals surface area contributed by atoms with Crippen molar-refractivity contribution in [3.05, 3.63) is 38.4 Å². The molecule has 0 atom stereocenters. The van der Waals surface area contributed by atoms with Gasteiger partial charge in [0.05, 0.1) is 10.4 Å². The van der Waals surface area contributed by atoms with Gasteiger partial charge in [-0.2, -0.15) is 0 Å². The van der Waals surface area contributed by atoms with E-state index in [-0.39, 0.29) is 5.91 Å². The zero-order chi connectivity index (χ0) is 15.7. The number of nitrogens with one attached hydrogen (secondary N) is 2. The zero-order valence-corrected chi connectivity index (χ0v) is 13.1. The van der Waals surface area contributed by atoms with Crippen molar-refractivity contribution < 1.29 is 14.4 Å². The lowest BCUT2D eigenvalue weighted by Crippen LogP contribution is -2.35. The molecule has 1 aliphatic rings. The lowest BCUT2D eigenvalue weighted by atomic mass is 10.1. The molecule has 3 rings (SSSR count). The van der Waals surface area contributed by atoms with E-state index in [1.54, 1.807) is 12.1 Å². The number of nitrogens with two attached hydrogens (primary N) is 1. The van der Waals surface area contributed by atoms with Gasteiger partial charge < -0.3 is 11.1 Å². The maximum absolute atomic E-state index is 12.2. The highest BCUT2D eigenvalue weighted by Gasteiger charge is 2.28. The van der Waals surface area contributed by atoms with Crippen LogP contribution in [0.5, 0.6) is 0 Å². The summed E-state index contributed by atoms with van der Waals surface area (Å²) in [5, 5.41) is 7.14. The normalized spacial score (nSPS) is 12.7. The van der Waals surface area contributed by atoms with Crippen LogP contribution >= 0.6 is 22.7 Å². The number of primary amides is 1. The molecule has 0 radical (unpaired) electrons. The Bertz CT molecular complexity index is 750. The summed E-state index contributed by atoms with van der Waals surface area (Å²) in [6.07, 6.45) is 2.62. The second-order valence-electron chi connectivity index (χ2n) is 4.81. The predicted octanol–water partition coefficient (Wildman–Crippen LogP) is 2.36. The van der Waals surface area contributed by atoms with Gasteiger partial charge in [-0.05, 0) is 36.3 Å². The van der Waals surface area contributed by atoms with Crippen molar-refractivity contribution in [2.24, 2.45) is 5.73 Å². The molecule has 0 saturated heterocycles. The molecule has 0 aliphatic heterocycles. The summed E-state index contributed by atoms with van der Waals surface area (Å²) in [5.74, 6) is -0.823. The maximum atomic E-state index is 12.2. The molecule has 0 spiro atoms. The Kier molecular flexibility index (Phi) is 3.95. The van der Waals surface area contributed by atoms with Crippen LogP contribution in [0, 0.1) is 0 Å². The van der Waals surface area contributed by atoms with Crippen LogP contribution in [0.4, 0.5) is 9.80 Å². The fourth-order valence-electron chi connectivity index (χ4n) is 2.48. The minimum atomic E-state index is -0.904. The maximum Gasteiger partial charge on any atom is 0.319 e. The van der Waals surface area contributed by atoms with Crippen molar-refractivity contribution in [1.82, 2.24) is 5.32 Å². The van der Waals surface area contributed by atoms with Gasteiger partial charge in [0.25, 0.3) is 11.8 Å². The molecule has 22 heavy (non-hydrogen) atoms. The van der Waals surface area contributed by atoms with Crippen LogP contribution in [-0.2, 0) is 12.8 Å². The minimum absolute atomic E-state index is 0.261. The van der Waals surface area contributed by atoms with Gasteiger partial charge in [0.15, 0.2) is 0 Å². The van der Waals surface area contributed by atoms with Gasteiger partial charge in [-0.3, -0.25) is 14.9 Å². The molecule has 8 heteroatoms. The summed E-state index contributed by atoms with van der Waals surface area (Å²) < 4.78 is 0. The van der Waals surface area contributed by atoms with Crippen LogP contribution in [-0.4, -0.2) is 17.8 Å². The van der Waals surface area contributed by atoms with Gasteiger partial charge in [-0.15, -0.1) is 22.7 Å². The monoisotopic (exact) mass is 335 g/mol. The first-order chi connectivity index (χ1) is 10.6. The van der Waals surface area contributed by atoms with Crippen molar-refractivity contribution in [2.45, 2.75) is 19.3 Å². The number of rotatable bonds is 3. The SMILES string of the molecule is NC(=O)NC(=O)c1c(NC(=O)c2cccs2)sc2c1CCC2. The summed E-state index contributed by atoms with van der Waals surface area (Å²) in [6, 6.07) is 2.59. The Morgan fingerprint density at radius 1 is 1.18 bits per heavy atom. The zero-order valence-electron chi connectivity index (χ0n) is 11.5. The van der Waals surface area contributed by atoms with Crippen LogP contribution in [0.2, 0.25) is 0 Å². The molecule has 0 aromatic carbocycles. The topological polar surface area (TPSA) is 101 Å². The average Bonchev–Trinajstić information content (AvgIpc) is 3.13. The number of fused-ring (bicyclic) bond motifs is 1. The van der Waals surface area contributed by atoms with E-state index in [0.29, 0.717) is 15.4 Å². The number of imide groups is 1. The highest BCUT2D eigenvalue weighted by molar-refractivity contribution is 7.17. The van der Waals surface area contributed by atoms with E-state index in [2.05, 4.69) is 10.6 Å². The van der Waals surface area contributed by atoms with E-state index in [4.69, 9.17) is 5.73 Å². The van der Waals surface area contributed by atoms with E-state index in [0.717, 1.165) is 29.7 Å². The summed E-state index contributed by atoms with van der Waals surface area (Å²) in [6.45, 7) is 0. The number of hydrogen-bond acceptors (Lipinski definition) is 5. The lowest BCUT2D eigenvalue weighted by molar-refractivity contribution is 0.0966. The molecule has 0 unspecified atom stereocenters. The molecule has 2 aromatic heterocycles. The fourth-order valence-corrected chi connectivity index (χ4v) is 4.38. The van der Waals surface area contributed by atoms with Crippen molar-refractivity contribution in [2.75, 3.05) is 5.32 Å². The molecule has 4 amide bonds. The van der Waals surface area contributed by atoms with Crippen LogP contribution in [0.15, 0.2) is 17.5 Å². The van der Waals surface area contributed by atoms with Crippen LogP contribution in [0.25, 0.3) is 0 Å². The highest BCUT2D eigenvalue weighted by atomic mass is 32.1. The smallest absolute Gasteiger partial charge is 0.319 e. The number of carbonyl (C=O) groups is 3. The van der Waals surface area contributed by atoms with Crippen LogP contribution < -0.4 is 16.4 Å². The average molecular weight is 335 g/mol. The Hall–Kier alpha value is -2.19. The van der Waals surface area contributed by atoms with Gasteiger partial charge in [0.2, 0.25) is 0 Å². The minimum Gasteiger partial charge on any atom is -0.351 e. The third-order valence-electron chi connectivity index (χ3n) is 3.36. The molecule has 4 N–H and O–H groups in total. The van der Waals surface area contributed by atoms with Crippen LogP contribution in [0.1, 0.15) is 36.9 Å². The van der Waals surface area contributed by atoms with Gasteiger partial charge in [-0.1, -0.05) is 6.07 Å². The number of hydrogen-bond donors (Lipinski definition) is 3. The molecule has 114 valence electrons. The summed E-state index contributed by atoms with van der Waals surface area (Å²) in [7, 11) is 0. The predicted molar refractivity (Wildman–Crippen MR) is 85.7 cm³/mol. The number of aryl methyl sites for hydroxylation is 1. The summed E-state index contributed by atoms with van der Waals surface area (Å²) in [4.78, 5) is 37.0. The molecular weight excluding hydrogens is 322 g/mol. The second-order valence-corrected chi connectivity index (χ2v) is 6.86. The summed E-state index contributed by atoms with van der Waals surface area (Å²) >= 11 is 2.71. The number of urea groups is 1.